The van der Waals surface area contributed by atoms with Crippen molar-refractivity contribution in [2.75, 3.05) is 47.3 Å². The van der Waals surface area contributed by atoms with Crippen LogP contribution in [-0.2, 0) is 4.79 Å². The topological polar surface area (TPSA) is 84.4 Å². The molecular formula is C20H32N4O4. The molecule has 1 saturated carbocycles. The first-order chi connectivity index (χ1) is 13.5. The van der Waals surface area contributed by atoms with Gasteiger partial charge in [-0.25, -0.2) is 4.99 Å². The highest BCUT2D eigenvalue weighted by Crippen LogP contribution is 2.39. The summed E-state index contributed by atoms with van der Waals surface area (Å²) in [5.41, 5.74) is 0.730. The molecule has 156 valence electrons. The number of carbonyl (C=O) groups is 1. The molecule has 0 bridgehead atoms. The Morgan fingerprint density at radius 3 is 2.18 bits per heavy atom. The lowest BCUT2D eigenvalue weighted by Gasteiger charge is -2.25. The molecule has 1 amide bonds. The summed E-state index contributed by atoms with van der Waals surface area (Å²) in [6, 6.07) is 3.97. The van der Waals surface area contributed by atoms with E-state index >= 15 is 0 Å². The van der Waals surface area contributed by atoms with Crippen LogP contribution in [0.3, 0.4) is 0 Å². The van der Waals surface area contributed by atoms with E-state index in [0.717, 1.165) is 18.5 Å². The number of aliphatic imine (C=N–C) groups is 1. The quantitative estimate of drug-likeness (QED) is 0.548. The Morgan fingerprint density at radius 2 is 1.68 bits per heavy atom. The largest absolute Gasteiger partial charge is 0.493 e. The zero-order valence-corrected chi connectivity index (χ0v) is 17.5. The van der Waals surface area contributed by atoms with E-state index in [9.17, 15) is 4.79 Å². The lowest BCUT2D eigenvalue weighted by molar-refractivity contribution is -0.127. The number of nitrogens with one attached hydrogen (secondary N) is 2. The summed E-state index contributed by atoms with van der Waals surface area (Å²) in [6.45, 7) is 0.0689. The van der Waals surface area contributed by atoms with Gasteiger partial charge in [-0.1, -0.05) is 19.3 Å². The van der Waals surface area contributed by atoms with Crippen LogP contribution in [0.25, 0.3) is 0 Å². The van der Waals surface area contributed by atoms with Crippen molar-refractivity contribution in [3.05, 3.63) is 12.1 Å². The van der Waals surface area contributed by atoms with Crippen molar-refractivity contribution >= 4 is 17.6 Å². The number of amides is 1. The third-order valence-corrected chi connectivity index (χ3v) is 4.74. The smallest absolute Gasteiger partial charge is 0.243 e. The molecule has 1 aromatic rings. The molecule has 8 heteroatoms. The molecule has 0 spiro atoms. The Balaban J connectivity index is 2.24. The van der Waals surface area contributed by atoms with Crippen LogP contribution in [0.2, 0.25) is 0 Å². The van der Waals surface area contributed by atoms with Crippen LogP contribution in [0.15, 0.2) is 17.1 Å². The van der Waals surface area contributed by atoms with E-state index in [1.54, 1.807) is 35.4 Å². The Kier molecular flexibility index (Phi) is 8.22. The first-order valence-electron chi connectivity index (χ1n) is 9.56. The Bertz CT molecular complexity index is 660. The average molecular weight is 393 g/mol. The highest BCUT2D eigenvalue weighted by Gasteiger charge is 2.18. The lowest BCUT2D eigenvalue weighted by Crippen LogP contribution is -2.41. The van der Waals surface area contributed by atoms with Crippen LogP contribution in [0, 0.1) is 0 Å². The zero-order chi connectivity index (χ0) is 20.5. The molecule has 0 atom stereocenters. The molecular weight excluding hydrogens is 360 g/mol. The number of methoxy groups -OCH3 is 3. The molecule has 0 heterocycles. The van der Waals surface area contributed by atoms with Gasteiger partial charge in [-0.15, -0.1) is 0 Å². The Labute approximate surface area is 167 Å². The van der Waals surface area contributed by atoms with E-state index in [1.807, 2.05) is 12.1 Å². The summed E-state index contributed by atoms with van der Waals surface area (Å²) in [7, 11) is 8.16. The fraction of sp³-hybridized carbons (Fsp3) is 0.600. The van der Waals surface area contributed by atoms with Crippen molar-refractivity contribution in [2.45, 2.75) is 38.1 Å². The highest BCUT2D eigenvalue weighted by atomic mass is 16.5. The van der Waals surface area contributed by atoms with Crippen LogP contribution < -0.4 is 24.8 Å². The number of likely N-dealkylation sites (N-methyl/N-ethyl adjacent to an activating group) is 1. The number of hydrogen-bond donors (Lipinski definition) is 2. The van der Waals surface area contributed by atoms with Gasteiger partial charge in [0.2, 0.25) is 11.7 Å². The molecule has 0 radical (unpaired) electrons. The highest BCUT2D eigenvalue weighted by molar-refractivity contribution is 5.96. The standard InChI is InChI=1S/C20H32N4O4/c1-24(2)18(25)13-21-20(22-14-9-7-6-8-10-14)23-15-11-16(26-3)19(28-5)17(12-15)27-4/h11-12,14H,6-10,13H2,1-5H3,(H2,21,22,23). The van der Waals surface area contributed by atoms with E-state index in [4.69, 9.17) is 14.2 Å². The molecule has 1 aliphatic carbocycles. The van der Waals surface area contributed by atoms with Gasteiger partial charge in [0.1, 0.15) is 6.54 Å². The summed E-state index contributed by atoms with van der Waals surface area (Å²) in [5, 5.41) is 6.73. The summed E-state index contributed by atoms with van der Waals surface area (Å²) in [4.78, 5) is 18.0. The number of guanidine groups is 1. The number of carbonyl (C=O) groups excluding carboxylic acids is 1. The minimum absolute atomic E-state index is 0.0605. The molecule has 0 aliphatic heterocycles. The SMILES string of the molecule is COc1cc(NC(=NCC(=O)N(C)C)NC2CCCCC2)cc(OC)c1OC. The molecule has 0 saturated heterocycles. The van der Waals surface area contributed by atoms with Crippen LogP contribution in [0.5, 0.6) is 17.2 Å². The van der Waals surface area contributed by atoms with Gasteiger partial charge in [0.25, 0.3) is 0 Å². The summed E-state index contributed by atoms with van der Waals surface area (Å²) in [5.74, 6) is 2.12. The van der Waals surface area contributed by atoms with E-state index in [0.29, 0.717) is 29.2 Å². The van der Waals surface area contributed by atoms with E-state index in [1.165, 1.54) is 24.2 Å². The number of ether oxygens (including phenoxy) is 3. The third kappa shape index (κ3) is 5.94. The third-order valence-electron chi connectivity index (χ3n) is 4.74. The normalized spacial score (nSPS) is 15.0. The van der Waals surface area contributed by atoms with Gasteiger partial charge in [0.15, 0.2) is 17.5 Å². The molecule has 0 aromatic heterocycles. The minimum atomic E-state index is -0.0605. The molecule has 0 unspecified atom stereocenters. The van der Waals surface area contributed by atoms with Gasteiger partial charge < -0.3 is 29.7 Å². The monoisotopic (exact) mass is 392 g/mol. The van der Waals surface area contributed by atoms with Crippen molar-refractivity contribution in [3.63, 3.8) is 0 Å². The van der Waals surface area contributed by atoms with Crippen LogP contribution in [0.1, 0.15) is 32.1 Å². The summed E-state index contributed by atoms with van der Waals surface area (Å²) in [6.07, 6.45) is 5.86. The number of benzene rings is 1. The van der Waals surface area contributed by atoms with E-state index < -0.39 is 0 Å². The zero-order valence-electron chi connectivity index (χ0n) is 17.5. The van der Waals surface area contributed by atoms with Crippen molar-refractivity contribution < 1.29 is 19.0 Å². The van der Waals surface area contributed by atoms with Crippen LogP contribution >= 0.6 is 0 Å². The molecule has 1 fully saturated rings. The molecule has 28 heavy (non-hydrogen) atoms. The average Bonchev–Trinajstić information content (AvgIpc) is 2.71. The maximum absolute atomic E-state index is 12.0. The van der Waals surface area contributed by atoms with Gasteiger partial charge >= 0.3 is 0 Å². The summed E-state index contributed by atoms with van der Waals surface area (Å²) >= 11 is 0. The van der Waals surface area contributed by atoms with Crippen molar-refractivity contribution in [1.82, 2.24) is 10.2 Å². The first-order valence-corrected chi connectivity index (χ1v) is 9.56. The fourth-order valence-corrected chi connectivity index (χ4v) is 3.14. The number of anilines is 1. The Morgan fingerprint density at radius 1 is 1.07 bits per heavy atom. The number of rotatable bonds is 7. The summed E-state index contributed by atoms with van der Waals surface area (Å²) < 4.78 is 16.2. The van der Waals surface area contributed by atoms with Crippen LogP contribution in [-0.4, -0.2) is 64.8 Å². The van der Waals surface area contributed by atoms with Crippen molar-refractivity contribution in [2.24, 2.45) is 4.99 Å². The second-order valence-corrected chi connectivity index (χ2v) is 6.97. The maximum Gasteiger partial charge on any atom is 0.243 e. The Hall–Kier alpha value is -2.64. The van der Waals surface area contributed by atoms with E-state index in [-0.39, 0.29) is 12.5 Å². The predicted octanol–water partition coefficient (Wildman–Crippen LogP) is 2.49. The van der Waals surface area contributed by atoms with Gasteiger partial charge in [0, 0.05) is 38.0 Å². The van der Waals surface area contributed by atoms with Crippen molar-refractivity contribution in [3.8, 4) is 17.2 Å². The van der Waals surface area contributed by atoms with Crippen LogP contribution in [0.4, 0.5) is 5.69 Å². The number of nitrogens with zero attached hydrogens (tertiary/aromatic N) is 2. The van der Waals surface area contributed by atoms with Gasteiger partial charge in [0.05, 0.1) is 21.3 Å². The van der Waals surface area contributed by atoms with Gasteiger partial charge in [-0.05, 0) is 12.8 Å². The van der Waals surface area contributed by atoms with Gasteiger partial charge in [-0.3, -0.25) is 4.79 Å². The molecule has 1 aromatic carbocycles. The molecule has 1 aliphatic rings. The first kappa shape index (κ1) is 21.7. The molecule has 2 rings (SSSR count). The molecule has 8 nitrogen and oxygen atoms in total. The van der Waals surface area contributed by atoms with E-state index in [2.05, 4.69) is 15.6 Å². The molecule has 2 N–H and O–H groups in total. The predicted molar refractivity (Wildman–Crippen MR) is 111 cm³/mol. The maximum atomic E-state index is 12.0. The fourth-order valence-electron chi connectivity index (χ4n) is 3.14. The minimum Gasteiger partial charge on any atom is -0.493 e. The lowest BCUT2D eigenvalue weighted by atomic mass is 9.96. The van der Waals surface area contributed by atoms with Gasteiger partial charge in [-0.2, -0.15) is 0 Å². The van der Waals surface area contributed by atoms with Crippen molar-refractivity contribution in [1.29, 1.82) is 0 Å². The second kappa shape index (κ2) is 10.6. The second-order valence-electron chi connectivity index (χ2n) is 6.97. The number of hydrogen-bond acceptors (Lipinski definition) is 5.